The Morgan fingerprint density at radius 3 is 2.54 bits per heavy atom. The molecule has 0 radical (unpaired) electrons. The molecule has 3 aromatic rings. The van der Waals surface area contributed by atoms with E-state index in [-0.39, 0.29) is 5.97 Å². The maximum Gasteiger partial charge on any atom is 0.338 e. The van der Waals surface area contributed by atoms with Crippen molar-refractivity contribution in [2.75, 3.05) is 12.4 Å². The first kappa shape index (κ1) is 18.2. The quantitative estimate of drug-likeness (QED) is 0.364. The average molecular weight is 385 g/mol. The number of halogens is 1. The van der Waals surface area contributed by atoms with Crippen LogP contribution in [0.3, 0.4) is 0 Å². The van der Waals surface area contributed by atoms with Gasteiger partial charge < -0.3 is 10.1 Å². The molecule has 0 atom stereocenters. The molecule has 1 N–H and O–H groups in total. The van der Waals surface area contributed by atoms with Crippen molar-refractivity contribution in [2.45, 2.75) is 6.54 Å². The first-order valence-electron chi connectivity index (χ1n) is 7.95. The number of carbonyl (C=O) groups excluding carboxylic acids is 1. The minimum atomic E-state index is -0.361. The molecular weight excluding hydrogens is 368 g/mol. The molecule has 0 bridgehead atoms. The molecule has 132 valence electrons. The summed E-state index contributed by atoms with van der Waals surface area (Å²) >= 11 is 7.29. The van der Waals surface area contributed by atoms with Gasteiger partial charge in [0.15, 0.2) is 4.47 Å². The summed E-state index contributed by atoms with van der Waals surface area (Å²) in [5.74, 6) is -0.361. The maximum absolute atomic E-state index is 12.1. The van der Waals surface area contributed by atoms with Gasteiger partial charge in [-0.05, 0) is 29.3 Å². The van der Waals surface area contributed by atoms with E-state index < -0.39 is 0 Å². The predicted molar refractivity (Wildman–Crippen MR) is 107 cm³/mol. The number of nitrogens with zero attached hydrogens (tertiary/aromatic N) is 1. The summed E-state index contributed by atoms with van der Waals surface area (Å²) in [6.07, 6.45) is 3.59. The van der Waals surface area contributed by atoms with Crippen molar-refractivity contribution in [1.29, 1.82) is 0 Å². The van der Waals surface area contributed by atoms with Crippen LogP contribution in [0.2, 0.25) is 4.47 Å². The number of thiazole rings is 1. The van der Waals surface area contributed by atoms with Gasteiger partial charge in [0.1, 0.15) is 0 Å². The van der Waals surface area contributed by atoms with Crippen molar-refractivity contribution in [3.63, 3.8) is 0 Å². The molecule has 0 saturated carbocycles. The highest BCUT2D eigenvalue weighted by atomic mass is 35.5. The molecule has 0 aliphatic carbocycles. The first-order valence-corrected chi connectivity index (χ1v) is 9.15. The lowest BCUT2D eigenvalue weighted by molar-refractivity contribution is -0.133. The fraction of sp³-hybridized carbons (Fsp3) is 0.100. The van der Waals surface area contributed by atoms with Gasteiger partial charge in [-0.25, -0.2) is 9.78 Å². The second-order valence-corrected chi connectivity index (χ2v) is 7.17. The molecule has 0 aliphatic rings. The Morgan fingerprint density at radius 2 is 1.92 bits per heavy atom. The highest BCUT2D eigenvalue weighted by Gasteiger charge is 2.12. The summed E-state index contributed by atoms with van der Waals surface area (Å²) in [4.78, 5) is 17.2. The van der Waals surface area contributed by atoms with Crippen LogP contribution in [0.1, 0.15) is 16.0 Å². The molecule has 0 fully saturated rings. The molecule has 0 amide bonds. The van der Waals surface area contributed by atoms with Crippen LogP contribution in [0.25, 0.3) is 11.6 Å². The second-order valence-electron chi connectivity index (χ2n) is 5.47. The van der Waals surface area contributed by atoms with Gasteiger partial charge in [0.25, 0.3) is 0 Å². The Kier molecular flexibility index (Phi) is 6.04. The lowest BCUT2D eigenvalue weighted by atomic mass is 10.0. The van der Waals surface area contributed by atoms with Crippen LogP contribution in [-0.2, 0) is 16.1 Å². The third kappa shape index (κ3) is 4.71. The van der Waals surface area contributed by atoms with Gasteiger partial charge in [0.2, 0.25) is 0 Å². The van der Waals surface area contributed by atoms with Crippen LogP contribution in [0.5, 0.6) is 0 Å². The highest BCUT2D eigenvalue weighted by molar-refractivity contribution is 7.15. The van der Waals surface area contributed by atoms with Gasteiger partial charge in [0, 0.05) is 16.8 Å². The number of rotatable bonds is 6. The van der Waals surface area contributed by atoms with E-state index in [1.54, 1.807) is 6.20 Å². The standard InChI is InChI=1S/C20H17ClN2O2S/c1-25-19(24)18(15-5-3-2-4-6-15)11-14-7-9-16(10-8-14)22-12-17-13-23-20(21)26-17/h2-11,13,22H,12H2,1H3. The van der Waals surface area contributed by atoms with Gasteiger partial charge in [0.05, 0.1) is 19.2 Å². The Bertz CT molecular complexity index is 905. The molecule has 0 unspecified atom stereocenters. The Labute approximate surface area is 161 Å². The summed E-state index contributed by atoms with van der Waals surface area (Å²) in [7, 11) is 1.39. The van der Waals surface area contributed by atoms with Gasteiger partial charge in [-0.15, -0.1) is 11.3 Å². The number of ether oxygens (including phenoxy) is 1. The molecule has 0 saturated heterocycles. The van der Waals surface area contributed by atoms with Crippen LogP contribution in [0, 0.1) is 0 Å². The zero-order valence-electron chi connectivity index (χ0n) is 14.1. The fourth-order valence-electron chi connectivity index (χ4n) is 2.41. The van der Waals surface area contributed by atoms with Crippen molar-refractivity contribution >= 4 is 46.2 Å². The number of esters is 1. The molecular formula is C20H17ClN2O2S. The maximum atomic E-state index is 12.1. The summed E-state index contributed by atoms with van der Waals surface area (Å²) in [6, 6.07) is 17.3. The van der Waals surface area contributed by atoms with E-state index >= 15 is 0 Å². The van der Waals surface area contributed by atoms with Crippen LogP contribution in [-0.4, -0.2) is 18.1 Å². The van der Waals surface area contributed by atoms with Crippen LogP contribution >= 0.6 is 22.9 Å². The van der Waals surface area contributed by atoms with Crippen LogP contribution < -0.4 is 5.32 Å². The molecule has 1 heterocycles. The minimum absolute atomic E-state index is 0.361. The van der Waals surface area contributed by atoms with Crippen molar-refractivity contribution in [3.8, 4) is 0 Å². The molecule has 6 heteroatoms. The summed E-state index contributed by atoms with van der Waals surface area (Å²) in [5, 5.41) is 3.32. The van der Waals surface area contributed by atoms with Gasteiger partial charge in [-0.3, -0.25) is 0 Å². The summed E-state index contributed by atoms with van der Waals surface area (Å²) in [5.41, 5.74) is 3.24. The molecule has 1 aromatic heterocycles. The Balaban J connectivity index is 1.75. The highest BCUT2D eigenvalue weighted by Crippen LogP contribution is 2.22. The largest absolute Gasteiger partial charge is 0.465 e. The third-order valence-electron chi connectivity index (χ3n) is 3.70. The number of benzene rings is 2. The van der Waals surface area contributed by atoms with Crippen LogP contribution in [0.15, 0.2) is 60.8 Å². The smallest absolute Gasteiger partial charge is 0.338 e. The second kappa shape index (κ2) is 8.65. The van der Waals surface area contributed by atoms with E-state index in [0.717, 1.165) is 21.7 Å². The summed E-state index contributed by atoms with van der Waals surface area (Å²) < 4.78 is 5.46. The van der Waals surface area contributed by atoms with Gasteiger partial charge in [-0.1, -0.05) is 54.1 Å². The molecule has 0 aliphatic heterocycles. The Morgan fingerprint density at radius 1 is 1.19 bits per heavy atom. The van der Waals surface area contributed by atoms with Gasteiger partial charge in [-0.2, -0.15) is 0 Å². The number of anilines is 1. The van der Waals surface area contributed by atoms with E-state index in [9.17, 15) is 4.79 Å². The lowest BCUT2D eigenvalue weighted by Gasteiger charge is -2.07. The van der Waals surface area contributed by atoms with E-state index in [1.165, 1.54) is 18.4 Å². The minimum Gasteiger partial charge on any atom is -0.465 e. The average Bonchev–Trinajstić information content (AvgIpc) is 3.10. The lowest BCUT2D eigenvalue weighted by Crippen LogP contribution is -2.03. The van der Waals surface area contributed by atoms with E-state index in [4.69, 9.17) is 16.3 Å². The molecule has 0 spiro atoms. The van der Waals surface area contributed by atoms with Crippen molar-refractivity contribution < 1.29 is 9.53 Å². The van der Waals surface area contributed by atoms with E-state index in [0.29, 0.717) is 16.6 Å². The monoisotopic (exact) mass is 384 g/mol. The van der Waals surface area contributed by atoms with E-state index in [2.05, 4.69) is 10.3 Å². The Hall–Kier alpha value is -2.63. The zero-order chi connectivity index (χ0) is 18.4. The molecule has 2 aromatic carbocycles. The predicted octanol–water partition coefficient (Wildman–Crippen LogP) is 5.12. The number of hydrogen-bond acceptors (Lipinski definition) is 5. The van der Waals surface area contributed by atoms with Crippen molar-refractivity contribution in [1.82, 2.24) is 4.98 Å². The van der Waals surface area contributed by atoms with Crippen molar-refractivity contribution in [3.05, 3.63) is 81.3 Å². The molecule has 26 heavy (non-hydrogen) atoms. The third-order valence-corrected chi connectivity index (χ3v) is 4.82. The fourth-order valence-corrected chi connectivity index (χ4v) is 3.32. The number of carbonyl (C=O) groups is 1. The normalized spacial score (nSPS) is 11.2. The van der Waals surface area contributed by atoms with Gasteiger partial charge >= 0.3 is 5.97 Å². The SMILES string of the molecule is COC(=O)C(=Cc1ccc(NCc2cnc(Cl)s2)cc1)c1ccccc1. The number of nitrogens with one attached hydrogen (secondary N) is 1. The first-order chi connectivity index (χ1) is 12.7. The van der Waals surface area contributed by atoms with E-state index in [1.807, 2.05) is 60.7 Å². The van der Waals surface area contributed by atoms with Crippen LogP contribution in [0.4, 0.5) is 5.69 Å². The topological polar surface area (TPSA) is 51.2 Å². The molecule has 4 nitrogen and oxygen atoms in total. The number of aromatic nitrogens is 1. The van der Waals surface area contributed by atoms with Crippen molar-refractivity contribution in [2.24, 2.45) is 0 Å². The zero-order valence-corrected chi connectivity index (χ0v) is 15.7. The number of hydrogen-bond donors (Lipinski definition) is 1. The molecule has 3 rings (SSSR count). The summed E-state index contributed by atoms with van der Waals surface area (Å²) in [6.45, 7) is 0.664. The number of methoxy groups -OCH3 is 1.